The highest BCUT2D eigenvalue weighted by Crippen LogP contribution is 2.29. The Kier molecular flexibility index (Phi) is 6.75. The van der Waals surface area contributed by atoms with E-state index >= 15 is 0 Å². The molecule has 2 rings (SSSR count). The van der Waals surface area contributed by atoms with Crippen LogP contribution in [0.5, 0.6) is 11.5 Å². The van der Waals surface area contributed by atoms with Gasteiger partial charge in [-0.2, -0.15) is 0 Å². The van der Waals surface area contributed by atoms with Crippen molar-refractivity contribution in [1.29, 1.82) is 0 Å². The molecule has 7 nitrogen and oxygen atoms in total. The maximum absolute atomic E-state index is 13.1. The minimum absolute atomic E-state index is 0.195. The van der Waals surface area contributed by atoms with Gasteiger partial charge in [-0.05, 0) is 29.8 Å². The molecule has 0 fully saturated rings. The van der Waals surface area contributed by atoms with Gasteiger partial charge in [0.1, 0.15) is 17.3 Å². The van der Waals surface area contributed by atoms with Gasteiger partial charge in [0.15, 0.2) is 0 Å². The fourth-order valence-electron chi connectivity index (χ4n) is 2.48. The topological polar surface area (TPSA) is 93.7 Å². The van der Waals surface area contributed by atoms with E-state index in [2.05, 4.69) is 10.0 Å². The van der Waals surface area contributed by atoms with Crippen LogP contribution in [0.2, 0.25) is 0 Å². The molecule has 0 heterocycles. The van der Waals surface area contributed by atoms with Gasteiger partial charge in [-0.1, -0.05) is 12.1 Å². The molecule has 0 bridgehead atoms. The first-order valence-corrected chi connectivity index (χ1v) is 9.85. The molecule has 0 aliphatic heterocycles. The lowest BCUT2D eigenvalue weighted by Crippen LogP contribution is -2.30. The Hall–Kier alpha value is -2.65. The van der Waals surface area contributed by atoms with Crippen LogP contribution in [0.1, 0.15) is 18.0 Å². The fourth-order valence-corrected chi connectivity index (χ4v) is 3.22. The van der Waals surface area contributed by atoms with Crippen LogP contribution in [0.3, 0.4) is 0 Å². The minimum atomic E-state index is -3.59. The third-order valence-electron chi connectivity index (χ3n) is 3.70. The number of halogens is 1. The van der Waals surface area contributed by atoms with Crippen LogP contribution in [0.25, 0.3) is 0 Å². The van der Waals surface area contributed by atoms with Gasteiger partial charge in [-0.3, -0.25) is 4.79 Å². The monoisotopic (exact) mass is 396 g/mol. The van der Waals surface area contributed by atoms with Crippen molar-refractivity contribution in [3.8, 4) is 11.5 Å². The van der Waals surface area contributed by atoms with Gasteiger partial charge in [-0.25, -0.2) is 17.5 Å². The minimum Gasteiger partial charge on any atom is -0.497 e. The number of rotatable bonds is 8. The zero-order chi connectivity index (χ0) is 20.0. The second-order valence-electron chi connectivity index (χ2n) is 5.81. The summed E-state index contributed by atoms with van der Waals surface area (Å²) in [5, 5.41) is 2.68. The van der Waals surface area contributed by atoms with Crippen LogP contribution in [0.15, 0.2) is 42.5 Å². The molecule has 0 aliphatic carbocycles. The van der Waals surface area contributed by atoms with Crippen LogP contribution in [0, 0.1) is 5.82 Å². The maximum Gasteiger partial charge on any atom is 0.226 e. The predicted molar refractivity (Wildman–Crippen MR) is 99.9 cm³/mol. The maximum atomic E-state index is 13.1. The van der Waals surface area contributed by atoms with E-state index < -0.39 is 27.8 Å². The van der Waals surface area contributed by atoms with Crippen LogP contribution in [-0.2, 0) is 14.8 Å². The van der Waals surface area contributed by atoms with Gasteiger partial charge in [-0.15, -0.1) is 0 Å². The van der Waals surface area contributed by atoms with E-state index in [0.29, 0.717) is 22.7 Å². The van der Waals surface area contributed by atoms with Crippen molar-refractivity contribution < 1.29 is 27.1 Å². The van der Waals surface area contributed by atoms with Gasteiger partial charge in [0, 0.05) is 12.5 Å². The molecular formula is C18H21FN2O5S. The average molecular weight is 396 g/mol. The van der Waals surface area contributed by atoms with Crippen molar-refractivity contribution in [3.63, 3.8) is 0 Å². The highest BCUT2D eigenvalue weighted by Gasteiger charge is 2.21. The number of sulfonamides is 1. The van der Waals surface area contributed by atoms with E-state index in [-0.39, 0.29) is 6.42 Å². The Morgan fingerprint density at radius 3 is 2.33 bits per heavy atom. The van der Waals surface area contributed by atoms with Crippen molar-refractivity contribution in [1.82, 2.24) is 4.72 Å². The third kappa shape index (κ3) is 6.22. The molecule has 2 aromatic rings. The summed E-state index contributed by atoms with van der Waals surface area (Å²) in [6, 6.07) is 9.33. The molecule has 0 saturated carbocycles. The molecule has 0 aliphatic rings. The van der Waals surface area contributed by atoms with E-state index in [1.165, 1.54) is 38.5 Å². The quantitative estimate of drug-likeness (QED) is 0.715. The fraction of sp³-hybridized carbons (Fsp3) is 0.278. The Morgan fingerprint density at radius 2 is 1.78 bits per heavy atom. The predicted octanol–water partition coefficient (Wildman–Crippen LogP) is 2.46. The molecule has 2 aromatic carbocycles. The SMILES string of the molecule is COc1ccc(OC)c(NC(=O)C[C@H](NS(C)(=O)=O)c2ccc(F)cc2)c1. The second-order valence-corrected chi connectivity index (χ2v) is 7.59. The van der Waals surface area contributed by atoms with E-state index in [9.17, 15) is 17.6 Å². The Labute approximate surface area is 157 Å². The number of carbonyl (C=O) groups excluding carboxylic acids is 1. The summed E-state index contributed by atoms with van der Waals surface area (Å²) in [5.74, 6) is 0.0449. The van der Waals surface area contributed by atoms with Crippen molar-refractivity contribution in [2.75, 3.05) is 25.8 Å². The highest BCUT2D eigenvalue weighted by atomic mass is 32.2. The summed E-state index contributed by atoms with van der Waals surface area (Å²) in [6.07, 6.45) is 0.797. The number of nitrogens with one attached hydrogen (secondary N) is 2. The van der Waals surface area contributed by atoms with E-state index in [4.69, 9.17) is 9.47 Å². The zero-order valence-electron chi connectivity index (χ0n) is 15.2. The Morgan fingerprint density at radius 1 is 1.11 bits per heavy atom. The molecule has 1 amide bonds. The highest BCUT2D eigenvalue weighted by molar-refractivity contribution is 7.88. The molecule has 1 atom stereocenters. The van der Waals surface area contributed by atoms with Crippen molar-refractivity contribution in [2.24, 2.45) is 0 Å². The first-order valence-electron chi connectivity index (χ1n) is 7.96. The van der Waals surface area contributed by atoms with Gasteiger partial charge in [0.05, 0.1) is 32.2 Å². The summed E-state index contributed by atoms with van der Waals surface area (Å²) in [4.78, 5) is 12.5. The van der Waals surface area contributed by atoms with Crippen LogP contribution in [-0.4, -0.2) is 34.8 Å². The molecule has 27 heavy (non-hydrogen) atoms. The first-order chi connectivity index (χ1) is 12.7. The molecule has 0 unspecified atom stereocenters. The van der Waals surface area contributed by atoms with Crippen molar-refractivity contribution >= 4 is 21.6 Å². The first kappa shape index (κ1) is 20.7. The summed E-state index contributed by atoms with van der Waals surface area (Å²) in [5.41, 5.74) is 0.855. The van der Waals surface area contributed by atoms with Gasteiger partial charge < -0.3 is 14.8 Å². The van der Waals surface area contributed by atoms with Crippen LogP contribution < -0.4 is 19.5 Å². The van der Waals surface area contributed by atoms with Gasteiger partial charge >= 0.3 is 0 Å². The van der Waals surface area contributed by atoms with E-state index in [1.807, 2.05) is 0 Å². The van der Waals surface area contributed by atoms with E-state index in [1.54, 1.807) is 18.2 Å². The molecular weight excluding hydrogens is 375 g/mol. The number of methoxy groups -OCH3 is 2. The van der Waals surface area contributed by atoms with E-state index in [0.717, 1.165) is 6.26 Å². The van der Waals surface area contributed by atoms with Crippen LogP contribution >= 0.6 is 0 Å². The summed E-state index contributed by atoms with van der Waals surface area (Å²) >= 11 is 0. The smallest absolute Gasteiger partial charge is 0.226 e. The van der Waals surface area contributed by atoms with Gasteiger partial charge in [0.25, 0.3) is 0 Å². The molecule has 0 aromatic heterocycles. The van der Waals surface area contributed by atoms with Gasteiger partial charge in [0.2, 0.25) is 15.9 Å². The zero-order valence-corrected chi connectivity index (χ0v) is 16.0. The standard InChI is InChI=1S/C18H21FN2O5S/c1-25-14-8-9-17(26-2)16(10-14)20-18(22)11-15(21-27(3,23)24)12-4-6-13(19)7-5-12/h4-10,15,21H,11H2,1-3H3,(H,20,22)/t15-/m0/s1. The molecule has 146 valence electrons. The summed E-state index contributed by atoms with van der Waals surface area (Å²) in [7, 11) is -0.636. The normalized spacial score (nSPS) is 12.3. The van der Waals surface area contributed by atoms with Crippen molar-refractivity contribution in [2.45, 2.75) is 12.5 Å². The molecule has 0 saturated heterocycles. The Bertz CT molecular complexity index is 900. The number of hydrogen-bond acceptors (Lipinski definition) is 5. The number of amides is 1. The molecule has 0 radical (unpaired) electrons. The summed E-state index contributed by atoms with van der Waals surface area (Å²) in [6.45, 7) is 0. The number of carbonyl (C=O) groups is 1. The number of benzene rings is 2. The lowest BCUT2D eigenvalue weighted by molar-refractivity contribution is -0.116. The van der Waals surface area contributed by atoms with Crippen molar-refractivity contribution in [3.05, 3.63) is 53.8 Å². The second kappa shape index (κ2) is 8.83. The third-order valence-corrected chi connectivity index (χ3v) is 4.41. The average Bonchev–Trinajstić information content (AvgIpc) is 2.60. The number of hydrogen-bond donors (Lipinski definition) is 2. The number of ether oxygens (including phenoxy) is 2. The molecule has 9 heteroatoms. The Balaban J connectivity index is 2.22. The van der Waals surface area contributed by atoms with Crippen LogP contribution in [0.4, 0.5) is 10.1 Å². The summed E-state index contributed by atoms with van der Waals surface area (Å²) < 4.78 is 49.2. The molecule has 0 spiro atoms. The lowest BCUT2D eigenvalue weighted by atomic mass is 10.0. The number of anilines is 1. The molecule has 2 N–H and O–H groups in total. The largest absolute Gasteiger partial charge is 0.497 e. The lowest BCUT2D eigenvalue weighted by Gasteiger charge is -2.18.